The smallest absolute Gasteiger partial charge is 0.306 e. The van der Waals surface area contributed by atoms with E-state index in [4.69, 9.17) is 5.11 Å². The average molecular weight is 273 g/mol. The number of rotatable bonds is 3. The van der Waals surface area contributed by atoms with Crippen LogP contribution in [0.1, 0.15) is 30.4 Å². The molecule has 2 aliphatic carbocycles. The molecule has 2 atom stereocenters. The molecule has 0 spiro atoms. The summed E-state index contributed by atoms with van der Waals surface area (Å²) in [6.45, 7) is 0. The van der Waals surface area contributed by atoms with Crippen LogP contribution in [0.4, 0.5) is 0 Å². The van der Waals surface area contributed by atoms with E-state index in [1.165, 1.54) is 11.1 Å². The lowest BCUT2D eigenvalue weighted by molar-refractivity contribution is -0.141. The van der Waals surface area contributed by atoms with Gasteiger partial charge in [-0.2, -0.15) is 0 Å². The number of hydrogen-bond donors (Lipinski definition) is 2. The maximum Gasteiger partial charge on any atom is 0.306 e. The molecule has 20 heavy (non-hydrogen) atoms. The van der Waals surface area contributed by atoms with Crippen LogP contribution >= 0.6 is 0 Å². The molecule has 1 aromatic carbocycles. The molecule has 0 aliphatic heterocycles. The number of hydrogen-bond acceptors (Lipinski definition) is 2. The fourth-order valence-electron chi connectivity index (χ4n) is 3.40. The molecule has 2 N–H and O–H groups in total. The van der Waals surface area contributed by atoms with Gasteiger partial charge in [0, 0.05) is 12.0 Å². The molecule has 4 nitrogen and oxygen atoms in total. The highest BCUT2D eigenvalue weighted by atomic mass is 16.4. The Hall–Kier alpha value is -1.84. The number of fused-ring (bicyclic) bond motifs is 1. The first-order chi connectivity index (χ1) is 9.63. The molecule has 106 valence electrons. The Labute approximate surface area is 118 Å². The quantitative estimate of drug-likeness (QED) is 0.882. The van der Waals surface area contributed by atoms with Gasteiger partial charge < -0.3 is 10.4 Å². The topological polar surface area (TPSA) is 66.4 Å². The fourth-order valence-corrected chi connectivity index (χ4v) is 3.40. The van der Waals surface area contributed by atoms with Crippen molar-refractivity contribution in [3.63, 3.8) is 0 Å². The molecule has 0 bridgehead atoms. The average Bonchev–Trinajstić information content (AvgIpc) is 3.04. The van der Waals surface area contributed by atoms with Crippen LogP contribution in [-0.4, -0.2) is 23.0 Å². The minimum atomic E-state index is -0.741. The summed E-state index contributed by atoms with van der Waals surface area (Å²) in [6.07, 6.45) is 3.63. The number of carbonyl (C=O) groups is 2. The monoisotopic (exact) mass is 273 g/mol. The van der Waals surface area contributed by atoms with Crippen LogP contribution in [-0.2, 0) is 22.4 Å². The minimum absolute atomic E-state index is 0.0104. The summed E-state index contributed by atoms with van der Waals surface area (Å²) < 4.78 is 0. The number of amides is 1. The van der Waals surface area contributed by atoms with Crippen molar-refractivity contribution in [2.45, 2.75) is 38.1 Å². The van der Waals surface area contributed by atoms with E-state index < -0.39 is 5.97 Å². The van der Waals surface area contributed by atoms with E-state index in [0.717, 1.165) is 19.3 Å². The molecule has 0 unspecified atom stereocenters. The minimum Gasteiger partial charge on any atom is -0.481 e. The predicted molar refractivity (Wildman–Crippen MR) is 74.2 cm³/mol. The number of carboxylic acids is 1. The van der Waals surface area contributed by atoms with Crippen LogP contribution in [0.2, 0.25) is 0 Å². The zero-order chi connectivity index (χ0) is 14.1. The SMILES string of the molecule is O=C(N[C@H]1CC[C@@H](C(=O)O)C1)C1Cc2ccccc2C1. The molecule has 1 aromatic rings. The van der Waals surface area contributed by atoms with Gasteiger partial charge in [-0.05, 0) is 43.2 Å². The van der Waals surface area contributed by atoms with Crippen LogP contribution in [0.15, 0.2) is 24.3 Å². The van der Waals surface area contributed by atoms with E-state index in [2.05, 4.69) is 17.4 Å². The Morgan fingerprint density at radius 2 is 1.70 bits per heavy atom. The second-order valence-corrected chi connectivity index (χ2v) is 5.93. The van der Waals surface area contributed by atoms with Crippen molar-refractivity contribution in [2.75, 3.05) is 0 Å². The van der Waals surface area contributed by atoms with Gasteiger partial charge in [-0.1, -0.05) is 24.3 Å². The van der Waals surface area contributed by atoms with E-state index in [0.29, 0.717) is 12.8 Å². The molecular formula is C16H19NO3. The maximum atomic E-state index is 12.3. The number of carboxylic acid groups (broad SMARTS) is 1. The summed E-state index contributed by atoms with van der Waals surface area (Å²) in [6, 6.07) is 8.21. The van der Waals surface area contributed by atoms with Crippen LogP contribution in [0.5, 0.6) is 0 Å². The van der Waals surface area contributed by atoms with Gasteiger partial charge in [0.1, 0.15) is 0 Å². The molecule has 4 heteroatoms. The standard InChI is InChI=1S/C16H19NO3/c18-15(17-14-6-5-12(9-14)16(19)20)13-7-10-3-1-2-4-11(10)8-13/h1-4,12-14H,5-9H2,(H,17,18)(H,19,20)/t12-,14+/m1/s1. The predicted octanol–water partition coefficient (Wildman–Crippen LogP) is 1.77. The zero-order valence-electron chi connectivity index (χ0n) is 11.3. The van der Waals surface area contributed by atoms with Gasteiger partial charge in [-0.3, -0.25) is 9.59 Å². The van der Waals surface area contributed by atoms with Gasteiger partial charge >= 0.3 is 5.97 Å². The Bertz CT molecular complexity index is 515. The lowest BCUT2D eigenvalue weighted by Crippen LogP contribution is -2.38. The Morgan fingerprint density at radius 3 is 2.25 bits per heavy atom. The third kappa shape index (κ3) is 2.55. The van der Waals surface area contributed by atoms with Crippen molar-refractivity contribution in [1.29, 1.82) is 0 Å². The molecule has 1 saturated carbocycles. The first-order valence-corrected chi connectivity index (χ1v) is 7.23. The fraction of sp³-hybridized carbons (Fsp3) is 0.500. The van der Waals surface area contributed by atoms with Crippen LogP contribution in [0, 0.1) is 11.8 Å². The first-order valence-electron chi connectivity index (χ1n) is 7.23. The lowest BCUT2D eigenvalue weighted by atomic mass is 10.0. The molecule has 2 aliphatic rings. The van der Waals surface area contributed by atoms with Gasteiger partial charge in [0.05, 0.1) is 5.92 Å². The Balaban J connectivity index is 1.56. The maximum absolute atomic E-state index is 12.3. The van der Waals surface area contributed by atoms with Crippen molar-refractivity contribution in [2.24, 2.45) is 11.8 Å². The zero-order valence-corrected chi connectivity index (χ0v) is 11.3. The molecule has 0 radical (unpaired) electrons. The molecule has 0 heterocycles. The van der Waals surface area contributed by atoms with Crippen molar-refractivity contribution >= 4 is 11.9 Å². The second-order valence-electron chi connectivity index (χ2n) is 5.93. The van der Waals surface area contributed by atoms with E-state index in [1.54, 1.807) is 0 Å². The highest BCUT2D eigenvalue weighted by molar-refractivity contribution is 5.81. The van der Waals surface area contributed by atoms with Crippen molar-refractivity contribution < 1.29 is 14.7 Å². The van der Waals surface area contributed by atoms with Crippen molar-refractivity contribution in [3.05, 3.63) is 35.4 Å². The third-order valence-electron chi connectivity index (χ3n) is 4.55. The van der Waals surface area contributed by atoms with Gasteiger partial charge in [-0.15, -0.1) is 0 Å². The van der Waals surface area contributed by atoms with Crippen LogP contribution in [0.3, 0.4) is 0 Å². The molecule has 0 saturated heterocycles. The molecular weight excluding hydrogens is 254 g/mol. The van der Waals surface area contributed by atoms with Gasteiger partial charge in [0.2, 0.25) is 5.91 Å². The van der Waals surface area contributed by atoms with Gasteiger partial charge in [0.25, 0.3) is 0 Å². The summed E-state index contributed by atoms with van der Waals surface area (Å²) in [5.41, 5.74) is 2.53. The first kappa shape index (κ1) is 13.2. The van der Waals surface area contributed by atoms with E-state index in [1.807, 2.05) is 12.1 Å². The normalized spacial score (nSPS) is 25.4. The number of carbonyl (C=O) groups excluding carboxylic acids is 1. The van der Waals surface area contributed by atoms with E-state index >= 15 is 0 Å². The lowest BCUT2D eigenvalue weighted by Gasteiger charge is -2.16. The molecule has 0 aromatic heterocycles. The summed E-state index contributed by atoms with van der Waals surface area (Å²) in [5.74, 6) is -0.940. The van der Waals surface area contributed by atoms with E-state index in [9.17, 15) is 9.59 Å². The molecule has 1 fully saturated rings. The van der Waals surface area contributed by atoms with Crippen LogP contribution < -0.4 is 5.32 Å². The summed E-state index contributed by atoms with van der Waals surface area (Å²) in [7, 11) is 0. The van der Waals surface area contributed by atoms with E-state index in [-0.39, 0.29) is 23.8 Å². The van der Waals surface area contributed by atoms with Crippen molar-refractivity contribution in [3.8, 4) is 0 Å². The van der Waals surface area contributed by atoms with Gasteiger partial charge in [-0.25, -0.2) is 0 Å². The van der Waals surface area contributed by atoms with Gasteiger partial charge in [0.15, 0.2) is 0 Å². The summed E-state index contributed by atoms with van der Waals surface area (Å²) >= 11 is 0. The highest BCUT2D eigenvalue weighted by Crippen LogP contribution is 2.29. The number of aliphatic carboxylic acids is 1. The number of nitrogens with one attached hydrogen (secondary N) is 1. The van der Waals surface area contributed by atoms with Crippen LogP contribution in [0.25, 0.3) is 0 Å². The van der Waals surface area contributed by atoms with Crippen molar-refractivity contribution in [1.82, 2.24) is 5.32 Å². The Kier molecular flexibility index (Phi) is 3.47. The Morgan fingerprint density at radius 1 is 1.05 bits per heavy atom. The molecule has 3 rings (SSSR count). The summed E-state index contributed by atoms with van der Waals surface area (Å²) in [4.78, 5) is 23.2. The second kappa shape index (κ2) is 5.27. The molecule has 1 amide bonds. The number of benzene rings is 1. The largest absolute Gasteiger partial charge is 0.481 e. The highest BCUT2D eigenvalue weighted by Gasteiger charge is 2.33. The third-order valence-corrected chi connectivity index (χ3v) is 4.55. The summed E-state index contributed by atoms with van der Waals surface area (Å²) in [5, 5.41) is 12.0.